The number of methoxy groups -OCH3 is 1. The SMILES string of the molecule is CN=C(NCCCCCC(=O)OC)NCc1ccc(C)cc1OC1CCOC1.I. The Morgan fingerprint density at radius 2 is 2.10 bits per heavy atom. The second-order valence-corrected chi connectivity index (χ2v) is 6.95. The van der Waals surface area contributed by atoms with E-state index in [1.807, 2.05) is 0 Å². The summed E-state index contributed by atoms with van der Waals surface area (Å²) in [5, 5.41) is 6.65. The number of unbranched alkanes of at least 4 members (excludes halogenated alkanes) is 2. The molecular weight excluding hydrogens is 485 g/mol. The normalized spacial score (nSPS) is 16.1. The first-order valence-corrected chi connectivity index (χ1v) is 9.97. The molecule has 1 saturated heterocycles. The number of aryl methyl sites for hydroxylation is 1. The molecule has 1 aliphatic rings. The number of nitrogens with one attached hydrogen (secondary N) is 2. The van der Waals surface area contributed by atoms with Crippen molar-refractivity contribution in [3.05, 3.63) is 29.3 Å². The minimum Gasteiger partial charge on any atom is -0.488 e. The van der Waals surface area contributed by atoms with E-state index in [-0.39, 0.29) is 36.0 Å². The smallest absolute Gasteiger partial charge is 0.305 e. The average Bonchev–Trinajstić information content (AvgIpc) is 3.20. The fourth-order valence-electron chi connectivity index (χ4n) is 2.98. The molecule has 0 amide bonds. The molecule has 0 spiro atoms. The van der Waals surface area contributed by atoms with Gasteiger partial charge >= 0.3 is 5.97 Å². The Morgan fingerprint density at radius 3 is 2.79 bits per heavy atom. The summed E-state index contributed by atoms with van der Waals surface area (Å²) >= 11 is 0. The van der Waals surface area contributed by atoms with Crippen molar-refractivity contribution in [3.63, 3.8) is 0 Å². The Balaban J connectivity index is 0.00000420. The Hall–Kier alpha value is -1.55. The molecule has 8 heteroatoms. The van der Waals surface area contributed by atoms with Crippen LogP contribution in [0, 0.1) is 6.92 Å². The Kier molecular flexibility index (Phi) is 12.7. The van der Waals surface area contributed by atoms with Crippen molar-refractivity contribution in [2.45, 2.75) is 51.7 Å². The Morgan fingerprint density at radius 1 is 1.28 bits per heavy atom. The van der Waals surface area contributed by atoms with Gasteiger partial charge in [0, 0.05) is 38.5 Å². The summed E-state index contributed by atoms with van der Waals surface area (Å²) < 4.78 is 16.2. The number of hydrogen-bond donors (Lipinski definition) is 2. The lowest BCUT2D eigenvalue weighted by Crippen LogP contribution is -2.37. The van der Waals surface area contributed by atoms with E-state index in [4.69, 9.17) is 9.47 Å². The van der Waals surface area contributed by atoms with E-state index >= 15 is 0 Å². The number of rotatable bonds is 10. The molecule has 0 bridgehead atoms. The summed E-state index contributed by atoms with van der Waals surface area (Å²) in [4.78, 5) is 15.4. The molecule has 1 aromatic rings. The van der Waals surface area contributed by atoms with Crippen LogP contribution in [0.3, 0.4) is 0 Å². The first-order chi connectivity index (χ1) is 13.6. The monoisotopic (exact) mass is 519 g/mol. The number of guanidine groups is 1. The fraction of sp³-hybridized carbons (Fsp3) is 0.619. The van der Waals surface area contributed by atoms with E-state index in [1.165, 1.54) is 12.7 Å². The number of ether oxygens (including phenoxy) is 3. The maximum Gasteiger partial charge on any atom is 0.305 e. The summed E-state index contributed by atoms with van der Waals surface area (Å²) in [7, 11) is 3.18. The van der Waals surface area contributed by atoms with Crippen LogP contribution in [0.25, 0.3) is 0 Å². The third kappa shape index (κ3) is 9.66. The molecule has 0 aliphatic carbocycles. The minimum absolute atomic E-state index is 0. The first kappa shape index (κ1) is 25.5. The number of benzene rings is 1. The van der Waals surface area contributed by atoms with Crippen molar-refractivity contribution in [3.8, 4) is 5.75 Å². The van der Waals surface area contributed by atoms with Gasteiger partial charge in [-0.05, 0) is 31.4 Å². The zero-order chi connectivity index (χ0) is 20.2. The third-order valence-electron chi connectivity index (χ3n) is 4.65. The topological polar surface area (TPSA) is 81.2 Å². The number of carbonyl (C=O) groups excluding carboxylic acids is 1. The number of nitrogens with zero attached hydrogens (tertiary/aromatic N) is 1. The van der Waals surface area contributed by atoms with Crippen LogP contribution in [-0.4, -0.2) is 51.9 Å². The lowest BCUT2D eigenvalue weighted by molar-refractivity contribution is -0.140. The molecular formula is C21H34IN3O4. The molecule has 1 unspecified atom stereocenters. The van der Waals surface area contributed by atoms with Gasteiger partial charge in [0.15, 0.2) is 5.96 Å². The highest BCUT2D eigenvalue weighted by molar-refractivity contribution is 14.0. The summed E-state index contributed by atoms with van der Waals surface area (Å²) in [6.45, 7) is 4.92. The first-order valence-electron chi connectivity index (χ1n) is 9.97. The highest BCUT2D eigenvalue weighted by atomic mass is 127. The van der Waals surface area contributed by atoms with Crippen molar-refractivity contribution in [2.75, 3.05) is 33.9 Å². The van der Waals surface area contributed by atoms with Crippen LogP contribution < -0.4 is 15.4 Å². The van der Waals surface area contributed by atoms with Crippen molar-refractivity contribution < 1.29 is 19.0 Å². The fourth-order valence-corrected chi connectivity index (χ4v) is 2.98. The molecule has 7 nitrogen and oxygen atoms in total. The van der Waals surface area contributed by atoms with Crippen molar-refractivity contribution in [2.24, 2.45) is 4.99 Å². The van der Waals surface area contributed by atoms with Gasteiger partial charge in [-0.25, -0.2) is 0 Å². The van der Waals surface area contributed by atoms with E-state index in [1.54, 1.807) is 7.05 Å². The molecule has 29 heavy (non-hydrogen) atoms. The van der Waals surface area contributed by atoms with Gasteiger partial charge in [0.05, 0.1) is 20.3 Å². The van der Waals surface area contributed by atoms with Crippen LogP contribution in [0.1, 0.15) is 43.2 Å². The van der Waals surface area contributed by atoms with Crippen LogP contribution in [0.2, 0.25) is 0 Å². The zero-order valence-electron chi connectivity index (χ0n) is 17.7. The molecule has 0 radical (unpaired) electrons. The number of hydrogen-bond acceptors (Lipinski definition) is 5. The standard InChI is InChI=1S/C21H33N3O4.HI/c1-16-8-9-17(19(13-16)28-18-10-12-27-15-18)14-24-21(22-2)23-11-6-4-5-7-20(25)26-3;/h8-9,13,18H,4-7,10-12,14-15H2,1-3H3,(H2,22,23,24);1H. The van der Waals surface area contributed by atoms with E-state index in [0.29, 0.717) is 19.6 Å². The van der Waals surface area contributed by atoms with Gasteiger partial charge in [0.25, 0.3) is 0 Å². The quantitative estimate of drug-likeness (QED) is 0.163. The van der Waals surface area contributed by atoms with Gasteiger partial charge in [0.2, 0.25) is 0 Å². The number of halogens is 1. The number of esters is 1. The predicted molar refractivity (Wildman–Crippen MR) is 125 cm³/mol. The summed E-state index contributed by atoms with van der Waals surface area (Å²) in [6.07, 6.45) is 4.32. The maximum absolute atomic E-state index is 11.1. The lowest BCUT2D eigenvalue weighted by atomic mass is 10.1. The van der Waals surface area contributed by atoms with Crippen molar-refractivity contribution in [1.29, 1.82) is 0 Å². The van der Waals surface area contributed by atoms with Crippen molar-refractivity contribution >= 4 is 35.9 Å². The molecule has 0 aromatic heterocycles. The van der Waals surface area contributed by atoms with E-state index in [0.717, 1.165) is 56.1 Å². The second-order valence-electron chi connectivity index (χ2n) is 6.95. The third-order valence-corrected chi connectivity index (χ3v) is 4.65. The molecule has 1 heterocycles. The van der Waals surface area contributed by atoms with Crippen LogP contribution >= 0.6 is 24.0 Å². The Bertz CT molecular complexity index is 649. The van der Waals surface area contributed by atoms with Gasteiger partial charge in [-0.3, -0.25) is 9.79 Å². The van der Waals surface area contributed by atoms with E-state index in [9.17, 15) is 4.79 Å². The molecule has 1 aliphatic heterocycles. The molecule has 164 valence electrons. The van der Waals surface area contributed by atoms with Crippen molar-refractivity contribution in [1.82, 2.24) is 10.6 Å². The molecule has 2 rings (SSSR count). The van der Waals surface area contributed by atoms with Gasteiger partial charge in [-0.15, -0.1) is 24.0 Å². The Labute approximate surface area is 191 Å². The molecule has 1 fully saturated rings. The van der Waals surface area contributed by atoms with E-state index < -0.39 is 0 Å². The largest absolute Gasteiger partial charge is 0.488 e. The number of carbonyl (C=O) groups is 1. The van der Waals surface area contributed by atoms with E-state index in [2.05, 4.69) is 45.5 Å². The van der Waals surface area contributed by atoms with Gasteiger partial charge in [-0.1, -0.05) is 18.6 Å². The van der Waals surface area contributed by atoms with Gasteiger partial charge < -0.3 is 24.8 Å². The summed E-state index contributed by atoms with van der Waals surface area (Å²) in [5.41, 5.74) is 2.27. The van der Waals surface area contributed by atoms with Crippen LogP contribution in [0.5, 0.6) is 5.75 Å². The summed E-state index contributed by atoms with van der Waals surface area (Å²) in [6, 6.07) is 6.26. The highest BCUT2D eigenvalue weighted by Crippen LogP contribution is 2.23. The maximum atomic E-state index is 11.1. The second kappa shape index (κ2) is 14.4. The van der Waals surface area contributed by atoms with Crippen LogP contribution in [0.4, 0.5) is 0 Å². The highest BCUT2D eigenvalue weighted by Gasteiger charge is 2.18. The molecule has 1 aromatic carbocycles. The number of aliphatic imine (C=N–C) groups is 1. The molecule has 2 N–H and O–H groups in total. The van der Waals surface area contributed by atoms with Gasteiger partial charge in [-0.2, -0.15) is 0 Å². The minimum atomic E-state index is -0.147. The van der Waals surface area contributed by atoms with Crippen LogP contribution in [0.15, 0.2) is 23.2 Å². The zero-order valence-corrected chi connectivity index (χ0v) is 20.0. The van der Waals surface area contributed by atoms with Crippen LogP contribution in [-0.2, 0) is 20.8 Å². The molecule has 0 saturated carbocycles. The van der Waals surface area contributed by atoms with Gasteiger partial charge in [0.1, 0.15) is 11.9 Å². The lowest BCUT2D eigenvalue weighted by Gasteiger charge is -2.18. The molecule has 1 atom stereocenters. The predicted octanol–water partition coefficient (Wildman–Crippen LogP) is 3.18. The average molecular weight is 519 g/mol. The summed E-state index contributed by atoms with van der Waals surface area (Å²) in [5.74, 6) is 1.51.